The molecule has 2 N–H and O–H groups in total. The van der Waals surface area contributed by atoms with Crippen LogP contribution in [-0.2, 0) is 0 Å². The molecule has 1 heterocycles. The zero-order valence-electron chi connectivity index (χ0n) is 6.71. The summed E-state index contributed by atoms with van der Waals surface area (Å²) in [4.78, 5) is 0. The predicted molar refractivity (Wildman–Crippen MR) is 51.8 cm³/mol. The SMILES string of the molecule is Cc1cc(Cl)cc2ccn(N)c12. The zero-order chi connectivity index (χ0) is 8.72. The lowest BCUT2D eigenvalue weighted by Crippen LogP contribution is -2.05. The third kappa shape index (κ3) is 0.959. The third-order valence-corrected chi connectivity index (χ3v) is 2.19. The highest BCUT2D eigenvalue weighted by molar-refractivity contribution is 6.31. The first-order valence-electron chi connectivity index (χ1n) is 3.71. The largest absolute Gasteiger partial charge is 0.339 e. The Bertz CT molecular complexity index is 431. The standard InChI is InChI=1S/C9H9ClN2/c1-6-4-8(10)5-7-2-3-12(11)9(6)7/h2-5H,11H2,1H3. The average molecular weight is 181 g/mol. The molecule has 0 spiro atoms. The van der Waals surface area contributed by atoms with Gasteiger partial charge in [-0.2, -0.15) is 0 Å². The van der Waals surface area contributed by atoms with Gasteiger partial charge in [0.15, 0.2) is 0 Å². The van der Waals surface area contributed by atoms with E-state index in [2.05, 4.69) is 0 Å². The molecule has 0 bridgehead atoms. The van der Waals surface area contributed by atoms with Crippen molar-refractivity contribution in [1.29, 1.82) is 0 Å². The van der Waals surface area contributed by atoms with E-state index in [-0.39, 0.29) is 0 Å². The average Bonchev–Trinajstić information content (AvgIpc) is 2.31. The van der Waals surface area contributed by atoms with Gasteiger partial charge in [0.05, 0.1) is 5.52 Å². The summed E-state index contributed by atoms with van der Waals surface area (Å²) in [6.45, 7) is 2.00. The number of benzene rings is 1. The molecule has 0 unspecified atom stereocenters. The van der Waals surface area contributed by atoms with Crippen LogP contribution in [0.2, 0.25) is 5.02 Å². The smallest absolute Gasteiger partial charge is 0.0720 e. The molecule has 0 atom stereocenters. The van der Waals surface area contributed by atoms with E-state index in [9.17, 15) is 0 Å². The van der Waals surface area contributed by atoms with E-state index >= 15 is 0 Å². The van der Waals surface area contributed by atoms with E-state index in [1.807, 2.05) is 31.3 Å². The first kappa shape index (κ1) is 7.50. The number of hydrogen-bond acceptors (Lipinski definition) is 1. The second-order valence-corrected chi connectivity index (χ2v) is 3.32. The van der Waals surface area contributed by atoms with Crippen molar-refractivity contribution in [2.24, 2.45) is 0 Å². The number of rotatable bonds is 0. The highest BCUT2D eigenvalue weighted by Crippen LogP contribution is 2.22. The molecule has 2 aromatic rings. The normalized spacial score (nSPS) is 10.8. The second kappa shape index (κ2) is 2.42. The lowest BCUT2D eigenvalue weighted by molar-refractivity contribution is 1.06. The van der Waals surface area contributed by atoms with Crippen LogP contribution in [0.25, 0.3) is 10.9 Å². The van der Waals surface area contributed by atoms with Crippen molar-refractivity contribution in [2.75, 3.05) is 5.84 Å². The van der Waals surface area contributed by atoms with Crippen molar-refractivity contribution < 1.29 is 0 Å². The molecule has 0 aliphatic carbocycles. The van der Waals surface area contributed by atoms with Crippen molar-refractivity contribution in [3.8, 4) is 0 Å². The van der Waals surface area contributed by atoms with E-state index in [1.54, 1.807) is 4.68 Å². The molecule has 0 amide bonds. The molecule has 2 rings (SSSR count). The summed E-state index contributed by atoms with van der Waals surface area (Å²) < 4.78 is 1.61. The quantitative estimate of drug-likeness (QED) is 0.620. The Morgan fingerprint density at radius 1 is 1.42 bits per heavy atom. The van der Waals surface area contributed by atoms with Crippen molar-refractivity contribution in [3.05, 3.63) is 35.0 Å². The van der Waals surface area contributed by atoms with Crippen LogP contribution in [0.5, 0.6) is 0 Å². The summed E-state index contributed by atoms with van der Waals surface area (Å²) in [5, 5.41) is 1.84. The molecule has 1 aromatic carbocycles. The number of nitrogens with zero attached hydrogens (tertiary/aromatic N) is 1. The molecule has 2 nitrogen and oxygen atoms in total. The van der Waals surface area contributed by atoms with Crippen molar-refractivity contribution in [3.63, 3.8) is 0 Å². The molecule has 62 valence electrons. The van der Waals surface area contributed by atoms with Gasteiger partial charge in [-0.05, 0) is 30.7 Å². The van der Waals surface area contributed by atoms with Gasteiger partial charge in [-0.15, -0.1) is 0 Å². The van der Waals surface area contributed by atoms with Gasteiger partial charge in [-0.25, -0.2) is 0 Å². The molecule has 0 aliphatic heterocycles. The van der Waals surface area contributed by atoms with Crippen LogP contribution in [0.3, 0.4) is 0 Å². The van der Waals surface area contributed by atoms with E-state index in [1.165, 1.54) is 0 Å². The molecule has 0 saturated carbocycles. The van der Waals surface area contributed by atoms with Crippen LogP contribution in [-0.4, -0.2) is 4.68 Å². The van der Waals surface area contributed by atoms with Crippen molar-refractivity contribution in [2.45, 2.75) is 6.92 Å². The Morgan fingerprint density at radius 3 is 2.92 bits per heavy atom. The van der Waals surface area contributed by atoms with Crippen molar-refractivity contribution >= 4 is 22.5 Å². The minimum Gasteiger partial charge on any atom is -0.339 e. The Hall–Kier alpha value is -1.15. The summed E-state index contributed by atoms with van der Waals surface area (Å²) in [5.74, 6) is 5.70. The van der Waals surface area contributed by atoms with Gasteiger partial charge in [0.25, 0.3) is 0 Å². The van der Waals surface area contributed by atoms with Gasteiger partial charge in [0.2, 0.25) is 0 Å². The Kier molecular flexibility index (Phi) is 1.51. The molecule has 0 aliphatic rings. The summed E-state index contributed by atoms with van der Waals surface area (Å²) >= 11 is 5.88. The van der Waals surface area contributed by atoms with Crippen LogP contribution in [0.1, 0.15) is 5.56 Å². The lowest BCUT2D eigenvalue weighted by Gasteiger charge is -2.01. The number of fused-ring (bicyclic) bond motifs is 1. The van der Waals surface area contributed by atoms with Gasteiger partial charge in [0.1, 0.15) is 0 Å². The third-order valence-electron chi connectivity index (χ3n) is 1.97. The molecule has 3 heteroatoms. The maximum atomic E-state index is 5.88. The second-order valence-electron chi connectivity index (χ2n) is 2.88. The summed E-state index contributed by atoms with van der Waals surface area (Å²) in [6.07, 6.45) is 1.83. The minimum absolute atomic E-state index is 0.756. The van der Waals surface area contributed by atoms with Crippen LogP contribution in [0, 0.1) is 6.92 Å². The fraction of sp³-hybridized carbons (Fsp3) is 0.111. The van der Waals surface area contributed by atoms with E-state index in [0.29, 0.717) is 0 Å². The monoisotopic (exact) mass is 180 g/mol. The molecule has 0 radical (unpaired) electrons. The number of halogens is 1. The van der Waals surface area contributed by atoms with Gasteiger partial charge in [-0.1, -0.05) is 11.6 Å². The Balaban J connectivity index is 2.93. The van der Waals surface area contributed by atoms with E-state index < -0.39 is 0 Å². The van der Waals surface area contributed by atoms with Crippen LogP contribution >= 0.6 is 11.6 Å². The van der Waals surface area contributed by atoms with E-state index in [4.69, 9.17) is 17.4 Å². The summed E-state index contributed by atoms with van der Waals surface area (Å²) in [7, 11) is 0. The maximum Gasteiger partial charge on any atom is 0.0720 e. The van der Waals surface area contributed by atoms with Gasteiger partial charge >= 0.3 is 0 Å². The first-order valence-corrected chi connectivity index (χ1v) is 4.08. The molecule has 0 saturated heterocycles. The molecular formula is C9H9ClN2. The van der Waals surface area contributed by atoms with Gasteiger partial charge in [0, 0.05) is 16.6 Å². The highest BCUT2D eigenvalue weighted by Gasteiger charge is 2.02. The summed E-state index contributed by atoms with van der Waals surface area (Å²) in [6, 6.07) is 5.77. The maximum absolute atomic E-state index is 5.88. The zero-order valence-corrected chi connectivity index (χ0v) is 7.47. The number of aromatic nitrogens is 1. The fourth-order valence-corrected chi connectivity index (χ4v) is 1.76. The topological polar surface area (TPSA) is 30.9 Å². The lowest BCUT2D eigenvalue weighted by atomic mass is 10.2. The Morgan fingerprint density at radius 2 is 2.17 bits per heavy atom. The fourth-order valence-electron chi connectivity index (χ4n) is 1.48. The number of hydrogen-bond donors (Lipinski definition) is 1. The van der Waals surface area contributed by atoms with Crippen LogP contribution < -0.4 is 5.84 Å². The summed E-state index contributed by atoms with van der Waals surface area (Å²) in [5.41, 5.74) is 2.14. The number of aryl methyl sites for hydroxylation is 1. The first-order chi connectivity index (χ1) is 5.68. The number of nitrogen functional groups attached to an aromatic ring is 1. The van der Waals surface area contributed by atoms with Crippen molar-refractivity contribution in [1.82, 2.24) is 4.68 Å². The predicted octanol–water partition coefficient (Wildman–Crippen LogP) is 2.32. The van der Waals surface area contributed by atoms with Gasteiger partial charge in [-0.3, -0.25) is 4.68 Å². The number of nitrogens with two attached hydrogens (primary N) is 1. The molecule has 0 fully saturated rings. The van der Waals surface area contributed by atoms with Crippen LogP contribution in [0.4, 0.5) is 0 Å². The van der Waals surface area contributed by atoms with Gasteiger partial charge < -0.3 is 5.84 Å². The minimum atomic E-state index is 0.756. The molecular weight excluding hydrogens is 172 g/mol. The molecule has 1 aromatic heterocycles. The molecule has 12 heavy (non-hydrogen) atoms. The van der Waals surface area contributed by atoms with Crippen LogP contribution in [0.15, 0.2) is 24.4 Å². The Labute approximate surface area is 75.5 Å². The highest BCUT2D eigenvalue weighted by atomic mass is 35.5. The van der Waals surface area contributed by atoms with E-state index in [0.717, 1.165) is 21.5 Å².